The summed E-state index contributed by atoms with van der Waals surface area (Å²) in [4.78, 5) is 11.5. The molecule has 0 spiro atoms. The van der Waals surface area contributed by atoms with Crippen molar-refractivity contribution < 1.29 is 22.7 Å². The highest BCUT2D eigenvalue weighted by molar-refractivity contribution is 5.94. The zero-order valence-electron chi connectivity index (χ0n) is 12.0. The topological polar surface area (TPSA) is 44.1 Å². The maximum absolute atomic E-state index is 12.6. The van der Waals surface area contributed by atoms with Crippen molar-refractivity contribution in [2.24, 2.45) is 0 Å². The average Bonchev–Trinajstić information content (AvgIpc) is 2.96. The molecule has 1 aromatic heterocycles. The molecule has 118 valence electrons. The van der Waals surface area contributed by atoms with Crippen LogP contribution in [0.25, 0.3) is 16.6 Å². The van der Waals surface area contributed by atoms with Gasteiger partial charge in [0.1, 0.15) is 0 Å². The van der Waals surface area contributed by atoms with Crippen LogP contribution in [0, 0.1) is 0 Å². The number of esters is 1. The number of hydrogen-bond acceptors (Lipinski definition) is 3. The van der Waals surface area contributed by atoms with E-state index in [4.69, 9.17) is 0 Å². The van der Waals surface area contributed by atoms with Gasteiger partial charge in [-0.1, -0.05) is 6.07 Å². The molecule has 4 nitrogen and oxygen atoms in total. The van der Waals surface area contributed by atoms with Crippen molar-refractivity contribution in [2.75, 3.05) is 7.11 Å². The molecule has 0 bridgehead atoms. The van der Waals surface area contributed by atoms with Crippen LogP contribution in [0.3, 0.4) is 0 Å². The quantitative estimate of drug-likeness (QED) is 0.674. The molecule has 0 N–H and O–H groups in total. The maximum atomic E-state index is 12.6. The fourth-order valence-electron chi connectivity index (χ4n) is 2.20. The molecule has 0 saturated carbocycles. The second-order valence-corrected chi connectivity index (χ2v) is 4.88. The van der Waals surface area contributed by atoms with Gasteiger partial charge in [-0.3, -0.25) is 0 Å². The number of rotatable bonds is 2. The molecule has 3 rings (SSSR count). The highest BCUT2D eigenvalue weighted by Gasteiger charge is 2.30. The van der Waals surface area contributed by atoms with E-state index in [-0.39, 0.29) is 0 Å². The zero-order chi connectivity index (χ0) is 16.6. The van der Waals surface area contributed by atoms with E-state index in [9.17, 15) is 18.0 Å². The Morgan fingerprint density at radius 3 is 2.43 bits per heavy atom. The maximum Gasteiger partial charge on any atom is 0.416 e. The lowest BCUT2D eigenvalue weighted by atomic mass is 10.2. The number of methoxy groups -OCH3 is 1. The van der Waals surface area contributed by atoms with Crippen molar-refractivity contribution in [3.8, 4) is 5.69 Å². The number of halogens is 3. The Kier molecular flexibility index (Phi) is 3.55. The number of hydrogen-bond donors (Lipinski definition) is 0. The monoisotopic (exact) mass is 320 g/mol. The Balaban J connectivity index is 1.98. The molecule has 0 amide bonds. The number of ether oxygens (including phenoxy) is 1. The molecule has 0 fully saturated rings. The molecule has 0 aliphatic heterocycles. The van der Waals surface area contributed by atoms with Crippen molar-refractivity contribution in [2.45, 2.75) is 6.18 Å². The van der Waals surface area contributed by atoms with Crippen LogP contribution in [0.5, 0.6) is 0 Å². The lowest BCUT2D eigenvalue weighted by Crippen LogP contribution is -2.05. The number of fused-ring (bicyclic) bond motifs is 1. The van der Waals surface area contributed by atoms with Gasteiger partial charge in [0.15, 0.2) is 0 Å². The Hall–Kier alpha value is -2.83. The van der Waals surface area contributed by atoms with Crippen LogP contribution in [-0.2, 0) is 10.9 Å². The van der Waals surface area contributed by atoms with Crippen LogP contribution in [0.1, 0.15) is 15.9 Å². The summed E-state index contributed by atoms with van der Waals surface area (Å²) >= 11 is 0. The molecule has 0 aliphatic carbocycles. The SMILES string of the molecule is COC(=O)c1ccc2cn(-c3ccc(C(F)(F)F)cc3)nc2c1. The van der Waals surface area contributed by atoms with E-state index in [0.29, 0.717) is 16.8 Å². The summed E-state index contributed by atoms with van der Waals surface area (Å²) in [7, 11) is 1.29. The van der Waals surface area contributed by atoms with Crippen LogP contribution in [0.2, 0.25) is 0 Å². The number of carbonyl (C=O) groups is 1. The third-order valence-corrected chi connectivity index (χ3v) is 3.39. The Bertz CT molecular complexity index is 867. The minimum absolute atomic E-state index is 0.359. The van der Waals surface area contributed by atoms with E-state index in [1.807, 2.05) is 0 Å². The molecule has 7 heteroatoms. The smallest absolute Gasteiger partial charge is 0.416 e. The molecule has 0 unspecified atom stereocenters. The van der Waals surface area contributed by atoms with Gasteiger partial charge in [0.2, 0.25) is 0 Å². The first-order chi connectivity index (χ1) is 10.9. The highest BCUT2D eigenvalue weighted by Crippen LogP contribution is 2.29. The van der Waals surface area contributed by atoms with Gasteiger partial charge in [-0.25, -0.2) is 9.48 Å². The summed E-state index contributed by atoms with van der Waals surface area (Å²) in [6.07, 6.45) is -2.69. The van der Waals surface area contributed by atoms with Crippen LogP contribution < -0.4 is 0 Å². The predicted molar refractivity (Wildman–Crippen MR) is 77.4 cm³/mol. The Morgan fingerprint density at radius 1 is 1.13 bits per heavy atom. The minimum atomic E-state index is -4.37. The van der Waals surface area contributed by atoms with E-state index < -0.39 is 17.7 Å². The first-order valence-corrected chi connectivity index (χ1v) is 6.64. The van der Waals surface area contributed by atoms with Crippen LogP contribution in [-0.4, -0.2) is 22.9 Å². The summed E-state index contributed by atoms with van der Waals surface area (Å²) in [5, 5.41) is 5.04. The highest BCUT2D eigenvalue weighted by atomic mass is 19.4. The molecule has 3 aromatic rings. The van der Waals surface area contributed by atoms with Crippen molar-refractivity contribution in [3.63, 3.8) is 0 Å². The molecular weight excluding hydrogens is 309 g/mol. The molecule has 0 aliphatic rings. The number of alkyl halides is 3. The summed E-state index contributed by atoms with van der Waals surface area (Å²) in [5.74, 6) is -0.476. The van der Waals surface area contributed by atoms with Gasteiger partial charge in [0.25, 0.3) is 0 Å². The summed E-state index contributed by atoms with van der Waals surface area (Å²) in [6, 6.07) is 9.57. The molecule has 1 heterocycles. The van der Waals surface area contributed by atoms with E-state index in [0.717, 1.165) is 17.5 Å². The predicted octanol–water partition coefficient (Wildman–Crippen LogP) is 3.83. The van der Waals surface area contributed by atoms with Crippen LogP contribution in [0.15, 0.2) is 48.7 Å². The Labute approximate surface area is 129 Å². The van der Waals surface area contributed by atoms with Gasteiger partial charge in [0, 0.05) is 11.6 Å². The minimum Gasteiger partial charge on any atom is -0.465 e. The van der Waals surface area contributed by atoms with E-state index in [2.05, 4.69) is 9.84 Å². The van der Waals surface area contributed by atoms with E-state index in [1.54, 1.807) is 24.4 Å². The third-order valence-electron chi connectivity index (χ3n) is 3.39. The van der Waals surface area contributed by atoms with Gasteiger partial charge in [-0.05, 0) is 36.4 Å². The molecule has 0 atom stereocenters. The zero-order valence-corrected chi connectivity index (χ0v) is 12.0. The second-order valence-electron chi connectivity index (χ2n) is 4.88. The summed E-state index contributed by atoms with van der Waals surface area (Å²) in [5.41, 5.74) is 0.685. The van der Waals surface area contributed by atoms with Crippen molar-refractivity contribution in [1.29, 1.82) is 0 Å². The fraction of sp³-hybridized carbons (Fsp3) is 0.125. The molecule has 2 aromatic carbocycles. The van der Waals surface area contributed by atoms with E-state index in [1.165, 1.54) is 23.9 Å². The van der Waals surface area contributed by atoms with Gasteiger partial charge >= 0.3 is 12.1 Å². The number of nitrogens with zero attached hydrogens (tertiary/aromatic N) is 2. The number of carbonyl (C=O) groups excluding carboxylic acids is 1. The largest absolute Gasteiger partial charge is 0.465 e. The van der Waals surface area contributed by atoms with Crippen molar-refractivity contribution in [1.82, 2.24) is 9.78 Å². The lowest BCUT2D eigenvalue weighted by Gasteiger charge is -2.07. The van der Waals surface area contributed by atoms with Crippen molar-refractivity contribution in [3.05, 3.63) is 59.8 Å². The molecule has 0 radical (unpaired) electrons. The van der Waals surface area contributed by atoms with Crippen LogP contribution in [0.4, 0.5) is 13.2 Å². The Morgan fingerprint density at radius 2 is 1.83 bits per heavy atom. The molecular formula is C16H11F3N2O2. The van der Waals surface area contributed by atoms with Gasteiger partial charge < -0.3 is 4.74 Å². The second kappa shape index (κ2) is 5.42. The normalized spacial score (nSPS) is 11.7. The van der Waals surface area contributed by atoms with Gasteiger partial charge in [0.05, 0.1) is 29.4 Å². The standard InChI is InChI=1S/C16H11F3N2O2/c1-23-15(22)10-2-3-11-9-21(20-14(11)8-10)13-6-4-12(5-7-13)16(17,18)19/h2-9H,1H3. The average molecular weight is 320 g/mol. The first-order valence-electron chi connectivity index (χ1n) is 6.64. The lowest BCUT2D eigenvalue weighted by molar-refractivity contribution is -0.137. The summed E-state index contributed by atoms with van der Waals surface area (Å²) in [6.45, 7) is 0. The van der Waals surface area contributed by atoms with Crippen LogP contribution >= 0.6 is 0 Å². The van der Waals surface area contributed by atoms with E-state index >= 15 is 0 Å². The molecule has 23 heavy (non-hydrogen) atoms. The number of aromatic nitrogens is 2. The van der Waals surface area contributed by atoms with Gasteiger partial charge in [-0.15, -0.1) is 0 Å². The summed E-state index contributed by atoms with van der Waals surface area (Å²) < 4.78 is 43.8. The van der Waals surface area contributed by atoms with Gasteiger partial charge in [-0.2, -0.15) is 18.3 Å². The molecule has 0 saturated heterocycles. The number of benzene rings is 2. The first kappa shape index (κ1) is 15.1. The van der Waals surface area contributed by atoms with Crippen molar-refractivity contribution >= 4 is 16.9 Å². The third kappa shape index (κ3) is 2.90. The fourth-order valence-corrected chi connectivity index (χ4v) is 2.20.